The highest BCUT2D eigenvalue weighted by Gasteiger charge is 2.07. The van der Waals surface area contributed by atoms with Gasteiger partial charge >= 0.3 is 0 Å². The number of nitriles is 1. The number of rotatable bonds is 3. The van der Waals surface area contributed by atoms with Crippen molar-refractivity contribution >= 4 is 5.82 Å². The van der Waals surface area contributed by atoms with E-state index in [-0.39, 0.29) is 0 Å². The highest BCUT2D eigenvalue weighted by atomic mass is 16.5. The van der Waals surface area contributed by atoms with E-state index >= 15 is 0 Å². The van der Waals surface area contributed by atoms with Gasteiger partial charge in [0.05, 0.1) is 12.1 Å². The molecule has 0 saturated heterocycles. The minimum absolute atomic E-state index is 0.377. The number of hydrogen-bond donors (Lipinski definition) is 1. The molecule has 0 aromatic carbocycles. The molecular formula is C11H11N5O. The number of nitrogens with zero attached hydrogens (tertiary/aromatic N) is 4. The monoisotopic (exact) mass is 229 g/mol. The molecule has 0 aliphatic heterocycles. The lowest BCUT2D eigenvalue weighted by molar-refractivity contribution is 0.388. The molecule has 2 aromatic heterocycles. The quantitative estimate of drug-likeness (QED) is 0.859. The van der Waals surface area contributed by atoms with E-state index < -0.39 is 0 Å². The largest absolute Gasteiger partial charge is 0.362 e. The number of nitrogens with one attached hydrogen (secondary N) is 1. The van der Waals surface area contributed by atoms with Gasteiger partial charge in [0, 0.05) is 13.1 Å². The van der Waals surface area contributed by atoms with E-state index in [0.717, 1.165) is 5.56 Å². The molecule has 6 nitrogen and oxygen atoms in total. The van der Waals surface area contributed by atoms with Gasteiger partial charge in [0.1, 0.15) is 11.9 Å². The Bertz CT molecular complexity index is 569. The topological polar surface area (TPSA) is 87.6 Å². The standard InChI is InChI=1S/C11H11N5O/c1-7-3-4-13-11(9(7)5-12)14-6-10-15-8(2)17-16-10/h3-4H,6H2,1-2H3,(H,13,14). The molecule has 0 bridgehead atoms. The average molecular weight is 229 g/mol. The van der Waals surface area contributed by atoms with Gasteiger partial charge in [-0.2, -0.15) is 10.2 Å². The van der Waals surface area contributed by atoms with Crippen molar-refractivity contribution in [2.75, 3.05) is 5.32 Å². The van der Waals surface area contributed by atoms with Crippen molar-refractivity contribution in [2.45, 2.75) is 20.4 Å². The Kier molecular flexibility index (Phi) is 3.01. The second-order valence-electron chi connectivity index (χ2n) is 3.55. The zero-order chi connectivity index (χ0) is 12.3. The molecule has 0 aliphatic carbocycles. The Morgan fingerprint density at radius 1 is 1.47 bits per heavy atom. The van der Waals surface area contributed by atoms with Gasteiger partial charge in [-0.05, 0) is 18.6 Å². The summed E-state index contributed by atoms with van der Waals surface area (Å²) in [5, 5.41) is 15.8. The first-order chi connectivity index (χ1) is 8.20. The Hall–Kier alpha value is -2.42. The van der Waals surface area contributed by atoms with Crippen molar-refractivity contribution in [1.82, 2.24) is 15.1 Å². The number of hydrogen-bond acceptors (Lipinski definition) is 6. The average Bonchev–Trinajstić information content (AvgIpc) is 2.72. The van der Waals surface area contributed by atoms with E-state index in [2.05, 4.69) is 26.5 Å². The Balaban J connectivity index is 2.14. The van der Waals surface area contributed by atoms with E-state index in [4.69, 9.17) is 9.78 Å². The smallest absolute Gasteiger partial charge is 0.223 e. The first kappa shape index (κ1) is 11.1. The maximum absolute atomic E-state index is 9.02. The summed E-state index contributed by atoms with van der Waals surface area (Å²) in [4.78, 5) is 8.17. The Labute approximate surface area is 98.3 Å². The summed E-state index contributed by atoms with van der Waals surface area (Å²) in [6.45, 7) is 3.97. The van der Waals surface area contributed by atoms with Crippen LogP contribution in [0, 0.1) is 25.2 Å². The van der Waals surface area contributed by atoms with Gasteiger partial charge in [-0.1, -0.05) is 5.16 Å². The summed E-state index contributed by atoms with van der Waals surface area (Å²) in [5.41, 5.74) is 1.42. The molecule has 17 heavy (non-hydrogen) atoms. The van der Waals surface area contributed by atoms with Crippen LogP contribution >= 0.6 is 0 Å². The van der Waals surface area contributed by atoms with Crippen molar-refractivity contribution in [2.24, 2.45) is 0 Å². The highest BCUT2D eigenvalue weighted by Crippen LogP contribution is 2.15. The van der Waals surface area contributed by atoms with Crippen LogP contribution in [0.4, 0.5) is 5.82 Å². The minimum atomic E-state index is 0.377. The molecule has 2 aromatic rings. The molecule has 0 radical (unpaired) electrons. The predicted molar refractivity (Wildman–Crippen MR) is 60.1 cm³/mol. The van der Waals surface area contributed by atoms with Crippen molar-refractivity contribution in [3.8, 4) is 6.07 Å². The predicted octanol–water partition coefficient (Wildman–Crippen LogP) is 1.57. The molecular weight excluding hydrogens is 218 g/mol. The Morgan fingerprint density at radius 3 is 2.94 bits per heavy atom. The maximum atomic E-state index is 9.02. The summed E-state index contributed by atoms with van der Waals surface area (Å²) in [6.07, 6.45) is 1.65. The van der Waals surface area contributed by atoms with E-state index in [1.807, 2.05) is 6.92 Å². The zero-order valence-corrected chi connectivity index (χ0v) is 9.56. The molecule has 0 fully saturated rings. The first-order valence-electron chi connectivity index (χ1n) is 5.09. The van der Waals surface area contributed by atoms with Crippen LogP contribution in [0.1, 0.15) is 22.8 Å². The molecule has 0 unspecified atom stereocenters. The van der Waals surface area contributed by atoms with Gasteiger partial charge in [-0.25, -0.2) is 4.98 Å². The number of aromatic nitrogens is 3. The fourth-order valence-corrected chi connectivity index (χ4v) is 1.41. The maximum Gasteiger partial charge on any atom is 0.223 e. The van der Waals surface area contributed by atoms with Gasteiger partial charge < -0.3 is 9.84 Å². The first-order valence-corrected chi connectivity index (χ1v) is 5.09. The lowest BCUT2D eigenvalue weighted by Crippen LogP contribution is -2.05. The zero-order valence-electron chi connectivity index (χ0n) is 9.56. The second kappa shape index (κ2) is 4.61. The number of anilines is 1. The molecule has 2 heterocycles. The Morgan fingerprint density at radius 2 is 2.29 bits per heavy atom. The van der Waals surface area contributed by atoms with Crippen LogP contribution in [0.3, 0.4) is 0 Å². The van der Waals surface area contributed by atoms with Crippen molar-refractivity contribution in [1.29, 1.82) is 5.26 Å². The fraction of sp³-hybridized carbons (Fsp3) is 0.273. The van der Waals surface area contributed by atoms with E-state index in [0.29, 0.717) is 29.6 Å². The third kappa shape index (κ3) is 2.39. The second-order valence-corrected chi connectivity index (χ2v) is 3.55. The normalized spacial score (nSPS) is 9.94. The van der Waals surface area contributed by atoms with E-state index in [9.17, 15) is 0 Å². The molecule has 0 aliphatic rings. The minimum Gasteiger partial charge on any atom is -0.362 e. The third-order valence-electron chi connectivity index (χ3n) is 2.25. The van der Waals surface area contributed by atoms with Gasteiger partial charge in [0.2, 0.25) is 5.89 Å². The van der Waals surface area contributed by atoms with Gasteiger partial charge in [0.15, 0.2) is 5.82 Å². The van der Waals surface area contributed by atoms with Crippen LogP contribution in [0.15, 0.2) is 16.8 Å². The molecule has 1 N–H and O–H groups in total. The molecule has 0 amide bonds. The summed E-state index contributed by atoms with van der Waals surface area (Å²) < 4.78 is 4.85. The molecule has 86 valence electrons. The summed E-state index contributed by atoms with van der Waals surface area (Å²) in [7, 11) is 0. The molecule has 0 spiro atoms. The van der Waals surface area contributed by atoms with Crippen LogP contribution in [0.2, 0.25) is 0 Å². The highest BCUT2D eigenvalue weighted by molar-refractivity contribution is 5.55. The SMILES string of the molecule is Cc1nc(CNc2nccc(C)c2C#N)no1. The summed E-state index contributed by atoms with van der Waals surface area (Å²) in [5.74, 6) is 1.59. The van der Waals surface area contributed by atoms with Crippen molar-refractivity contribution in [3.63, 3.8) is 0 Å². The molecule has 0 saturated carbocycles. The van der Waals surface area contributed by atoms with Crippen molar-refractivity contribution < 1.29 is 4.52 Å². The van der Waals surface area contributed by atoms with E-state index in [1.54, 1.807) is 19.2 Å². The number of aryl methyl sites for hydroxylation is 2. The molecule has 2 rings (SSSR count). The van der Waals surface area contributed by atoms with E-state index in [1.165, 1.54) is 0 Å². The van der Waals surface area contributed by atoms with Crippen LogP contribution in [0.25, 0.3) is 0 Å². The van der Waals surface area contributed by atoms with Crippen LogP contribution in [0.5, 0.6) is 0 Å². The van der Waals surface area contributed by atoms with Crippen LogP contribution in [-0.2, 0) is 6.54 Å². The van der Waals surface area contributed by atoms with Gasteiger partial charge in [-0.3, -0.25) is 0 Å². The molecule has 0 atom stereocenters. The van der Waals surface area contributed by atoms with Gasteiger partial charge in [-0.15, -0.1) is 0 Å². The lowest BCUT2D eigenvalue weighted by atomic mass is 10.1. The van der Waals surface area contributed by atoms with Crippen LogP contribution < -0.4 is 5.32 Å². The summed E-state index contributed by atoms with van der Waals surface area (Å²) >= 11 is 0. The summed E-state index contributed by atoms with van der Waals surface area (Å²) in [6, 6.07) is 3.91. The lowest BCUT2D eigenvalue weighted by Gasteiger charge is -2.06. The third-order valence-corrected chi connectivity index (χ3v) is 2.25. The fourth-order valence-electron chi connectivity index (χ4n) is 1.41. The number of pyridine rings is 1. The van der Waals surface area contributed by atoms with Crippen molar-refractivity contribution in [3.05, 3.63) is 35.1 Å². The van der Waals surface area contributed by atoms with Gasteiger partial charge in [0.25, 0.3) is 0 Å². The molecule has 6 heteroatoms. The van der Waals surface area contributed by atoms with Crippen LogP contribution in [-0.4, -0.2) is 15.1 Å².